The molecule has 0 aliphatic carbocycles. The van der Waals surface area contributed by atoms with Gasteiger partial charge in [0, 0.05) is 12.6 Å². The molecule has 0 aliphatic rings. The molecule has 62 valence electrons. The molecule has 12 heavy (non-hydrogen) atoms. The van der Waals surface area contributed by atoms with Gasteiger partial charge in [-0.2, -0.15) is 0 Å². The molecule has 0 unspecified atom stereocenters. The van der Waals surface area contributed by atoms with Crippen LogP contribution in [0, 0.1) is 0 Å². The number of carbonyl (C=O) groups excluding carboxylic acids is 1. The van der Waals surface area contributed by atoms with Crippen LogP contribution in [0.15, 0.2) is 35.3 Å². The van der Waals surface area contributed by atoms with Gasteiger partial charge in [-0.25, -0.2) is 0 Å². The maximum absolute atomic E-state index is 9.90. The molecule has 0 heterocycles. The Morgan fingerprint density at radius 3 is 2.67 bits per heavy atom. The van der Waals surface area contributed by atoms with Crippen LogP contribution in [0.1, 0.15) is 5.56 Å². The van der Waals surface area contributed by atoms with Gasteiger partial charge in [0.05, 0.1) is 6.54 Å². The number of hydrogen-bond donors (Lipinski definition) is 0. The molecular weight excluding hydrogens is 150 g/mol. The first-order valence-corrected chi connectivity index (χ1v) is 3.89. The van der Waals surface area contributed by atoms with Gasteiger partial charge in [-0.15, -0.1) is 0 Å². The van der Waals surface area contributed by atoms with E-state index in [-0.39, 0.29) is 6.54 Å². The van der Waals surface area contributed by atoms with Gasteiger partial charge in [-0.1, -0.05) is 30.3 Å². The van der Waals surface area contributed by atoms with Crippen molar-refractivity contribution < 1.29 is 4.79 Å². The lowest BCUT2D eigenvalue weighted by atomic mass is 10.2. The maximum atomic E-state index is 9.90. The Bertz CT molecular complexity index is 254. The zero-order valence-electron chi connectivity index (χ0n) is 6.81. The quantitative estimate of drug-likeness (QED) is 0.486. The molecule has 1 aromatic carbocycles. The summed E-state index contributed by atoms with van der Waals surface area (Å²) in [5.74, 6) is 0. The molecule has 0 saturated heterocycles. The zero-order valence-corrected chi connectivity index (χ0v) is 6.81. The summed E-state index contributed by atoms with van der Waals surface area (Å²) in [6, 6.07) is 10.0. The molecule has 0 spiro atoms. The normalized spacial score (nSPS) is 10.3. The second kappa shape index (κ2) is 5.24. The third-order valence-electron chi connectivity index (χ3n) is 1.48. The summed E-state index contributed by atoms with van der Waals surface area (Å²) in [7, 11) is 0. The Morgan fingerprint density at radius 1 is 1.25 bits per heavy atom. The Balaban J connectivity index is 2.38. The summed E-state index contributed by atoms with van der Waals surface area (Å²) in [4.78, 5) is 13.8. The Hall–Kier alpha value is -1.44. The van der Waals surface area contributed by atoms with E-state index in [9.17, 15) is 4.79 Å². The lowest BCUT2D eigenvalue weighted by Crippen LogP contribution is -1.87. The monoisotopic (exact) mass is 161 g/mol. The van der Waals surface area contributed by atoms with Gasteiger partial charge in [-0.3, -0.25) is 4.99 Å². The van der Waals surface area contributed by atoms with Crippen molar-refractivity contribution in [2.45, 2.75) is 6.42 Å². The summed E-state index contributed by atoms with van der Waals surface area (Å²) in [6.07, 6.45) is 3.36. The minimum atomic E-state index is 0.271. The average Bonchev–Trinajstić information content (AvgIpc) is 2.14. The van der Waals surface area contributed by atoms with Crippen LogP contribution in [0.3, 0.4) is 0 Å². The summed E-state index contributed by atoms with van der Waals surface area (Å²) in [5.41, 5.74) is 1.21. The molecule has 0 fully saturated rings. The van der Waals surface area contributed by atoms with Crippen LogP contribution in [0.4, 0.5) is 0 Å². The first kappa shape index (κ1) is 8.65. The molecule has 0 aliphatic heterocycles. The molecule has 0 amide bonds. The number of carbonyl (C=O) groups is 1. The third kappa shape index (κ3) is 3.10. The molecule has 1 aromatic rings. The van der Waals surface area contributed by atoms with Crippen molar-refractivity contribution in [3.63, 3.8) is 0 Å². The summed E-state index contributed by atoms with van der Waals surface area (Å²) < 4.78 is 0. The molecule has 1 rings (SSSR count). The summed E-state index contributed by atoms with van der Waals surface area (Å²) >= 11 is 0. The fraction of sp³-hybridized carbons (Fsp3) is 0.200. The fourth-order valence-electron chi connectivity index (χ4n) is 0.902. The predicted octanol–water partition coefficient (Wildman–Crippen LogP) is 1.50. The van der Waals surface area contributed by atoms with Gasteiger partial charge in [0.25, 0.3) is 0 Å². The van der Waals surface area contributed by atoms with Gasteiger partial charge >= 0.3 is 0 Å². The number of rotatable bonds is 4. The van der Waals surface area contributed by atoms with Crippen molar-refractivity contribution in [2.24, 2.45) is 4.99 Å². The SMILES string of the molecule is O=CCN=CCc1ccccc1. The first-order valence-electron chi connectivity index (χ1n) is 3.89. The fourth-order valence-corrected chi connectivity index (χ4v) is 0.902. The molecule has 0 atom stereocenters. The largest absolute Gasteiger partial charge is 0.301 e. The number of aldehydes is 1. The van der Waals surface area contributed by atoms with E-state index in [2.05, 4.69) is 4.99 Å². The number of hydrogen-bond acceptors (Lipinski definition) is 2. The standard InChI is InChI=1S/C10H11NO/c12-9-8-11-7-6-10-4-2-1-3-5-10/h1-5,7,9H,6,8H2. The van der Waals surface area contributed by atoms with Crippen LogP contribution in [0.2, 0.25) is 0 Å². The van der Waals surface area contributed by atoms with Crippen LogP contribution < -0.4 is 0 Å². The molecule has 0 N–H and O–H groups in total. The maximum Gasteiger partial charge on any atom is 0.141 e. The van der Waals surface area contributed by atoms with E-state index < -0.39 is 0 Å². The van der Waals surface area contributed by atoms with E-state index in [0.29, 0.717) is 0 Å². The van der Waals surface area contributed by atoms with Crippen LogP contribution in [-0.2, 0) is 11.2 Å². The van der Waals surface area contributed by atoms with Gasteiger partial charge in [-0.05, 0) is 5.56 Å². The Labute approximate surface area is 71.9 Å². The lowest BCUT2D eigenvalue weighted by Gasteiger charge is -1.92. The zero-order chi connectivity index (χ0) is 8.65. The smallest absolute Gasteiger partial charge is 0.141 e. The highest BCUT2D eigenvalue weighted by Crippen LogP contribution is 1.96. The van der Waals surface area contributed by atoms with Crippen LogP contribution in [-0.4, -0.2) is 19.0 Å². The molecule has 0 saturated carbocycles. The van der Waals surface area contributed by atoms with Crippen LogP contribution >= 0.6 is 0 Å². The Morgan fingerprint density at radius 2 is 2.00 bits per heavy atom. The van der Waals surface area contributed by atoms with Crippen molar-refractivity contribution in [1.82, 2.24) is 0 Å². The van der Waals surface area contributed by atoms with Gasteiger partial charge < -0.3 is 4.79 Å². The molecule has 0 radical (unpaired) electrons. The highest BCUT2D eigenvalue weighted by atomic mass is 16.1. The van der Waals surface area contributed by atoms with E-state index in [1.165, 1.54) is 5.56 Å². The van der Waals surface area contributed by atoms with Gasteiger partial charge in [0.2, 0.25) is 0 Å². The van der Waals surface area contributed by atoms with E-state index in [1.807, 2.05) is 30.3 Å². The minimum absolute atomic E-state index is 0.271. The second-order valence-electron chi connectivity index (χ2n) is 2.40. The molecule has 0 aromatic heterocycles. The number of nitrogens with zero attached hydrogens (tertiary/aromatic N) is 1. The van der Waals surface area contributed by atoms with Crippen molar-refractivity contribution in [1.29, 1.82) is 0 Å². The van der Waals surface area contributed by atoms with Gasteiger partial charge in [0.15, 0.2) is 0 Å². The molecular formula is C10H11NO. The van der Waals surface area contributed by atoms with Gasteiger partial charge in [0.1, 0.15) is 6.29 Å². The highest BCUT2D eigenvalue weighted by molar-refractivity contribution is 5.64. The second-order valence-corrected chi connectivity index (χ2v) is 2.40. The highest BCUT2D eigenvalue weighted by Gasteiger charge is 1.85. The van der Waals surface area contributed by atoms with E-state index >= 15 is 0 Å². The number of benzene rings is 1. The van der Waals surface area contributed by atoms with Crippen LogP contribution in [0.5, 0.6) is 0 Å². The van der Waals surface area contributed by atoms with Crippen molar-refractivity contribution in [3.8, 4) is 0 Å². The predicted molar refractivity (Wildman–Crippen MR) is 49.6 cm³/mol. The van der Waals surface area contributed by atoms with Crippen molar-refractivity contribution in [2.75, 3.05) is 6.54 Å². The van der Waals surface area contributed by atoms with Crippen molar-refractivity contribution >= 4 is 12.5 Å². The molecule has 0 bridgehead atoms. The van der Waals surface area contributed by atoms with E-state index in [4.69, 9.17) is 0 Å². The topological polar surface area (TPSA) is 29.4 Å². The summed E-state index contributed by atoms with van der Waals surface area (Å²) in [5, 5.41) is 0. The molecule has 2 heteroatoms. The lowest BCUT2D eigenvalue weighted by molar-refractivity contribution is -0.106. The Kier molecular flexibility index (Phi) is 3.78. The molecule has 2 nitrogen and oxygen atoms in total. The first-order chi connectivity index (χ1) is 5.93. The average molecular weight is 161 g/mol. The third-order valence-corrected chi connectivity index (χ3v) is 1.48. The number of aliphatic imine (C=N–C) groups is 1. The van der Waals surface area contributed by atoms with Crippen molar-refractivity contribution in [3.05, 3.63) is 35.9 Å². The van der Waals surface area contributed by atoms with E-state index in [1.54, 1.807) is 6.21 Å². The summed E-state index contributed by atoms with van der Waals surface area (Å²) in [6.45, 7) is 0.271. The van der Waals surface area contributed by atoms with Crippen LogP contribution in [0.25, 0.3) is 0 Å². The van der Waals surface area contributed by atoms with E-state index in [0.717, 1.165) is 12.7 Å². The minimum Gasteiger partial charge on any atom is -0.301 e.